The molecule has 2 rings (SSSR count). The van der Waals surface area contributed by atoms with Crippen LogP contribution in [0.5, 0.6) is 5.75 Å². The van der Waals surface area contributed by atoms with Crippen molar-refractivity contribution in [3.05, 3.63) is 64.2 Å². The highest BCUT2D eigenvalue weighted by Gasteiger charge is 2.32. The molecule has 112 valence electrons. The molecule has 1 N–H and O–H groups in total. The summed E-state index contributed by atoms with van der Waals surface area (Å²) in [6.07, 6.45) is 0. The smallest absolute Gasteiger partial charge is 0.126 e. The predicted octanol–water partition coefficient (Wildman–Crippen LogP) is 3.85. The fraction of sp³-hybridized carbons (Fsp3) is 0.294. The molecule has 2 nitrogen and oxygen atoms in total. The van der Waals surface area contributed by atoms with Gasteiger partial charge < -0.3 is 9.84 Å². The molecule has 1 unspecified atom stereocenters. The highest BCUT2D eigenvalue weighted by atomic mass is 19.1. The molecule has 0 amide bonds. The Morgan fingerprint density at radius 3 is 2.10 bits per heavy atom. The van der Waals surface area contributed by atoms with Crippen LogP contribution in [0.2, 0.25) is 0 Å². The van der Waals surface area contributed by atoms with E-state index in [-0.39, 0.29) is 5.56 Å². The van der Waals surface area contributed by atoms with Gasteiger partial charge in [0.05, 0.1) is 7.11 Å². The van der Waals surface area contributed by atoms with Crippen LogP contribution in [0.4, 0.5) is 8.78 Å². The van der Waals surface area contributed by atoms with Gasteiger partial charge in [0.1, 0.15) is 23.0 Å². The normalized spacial score (nSPS) is 13.9. The first kappa shape index (κ1) is 15.4. The van der Waals surface area contributed by atoms with E-state index in [0.717, 1.165) is 29.3 Å². The van der Waals surface area contributed by atoms with Crippen LogP contribution in [-0.4, -0.2) is 12.2 Å². The minimum Gasteiger partial charge on any atom is -0.496 e. The lowest BCUT2D eigenvalue weighted by Crippen LogP contribution is -2.25. The minimum atomic E-state index is -1.56. The maximum atomic E-state index is 13.4. The minimum absolute atomic E-state index is 0.144. The molecule has 0 heterocycles. The molecule has 4 heteroatoms. The van der Waals surface area contributed by atoms with Crippen LogP contribution in [0.3, 0.4) is 0 Å². The van der Waals surface area contributed by atoms with Crippen LogP contribution in [0.15, 0.2) is 30.3 Å². The number of aliphatic hydroxyl groups is 1. The Morgan fingerprint density at radius 1 is 1.00 bits per heavy atom. The van der Waals surface area contributed by atoms with Crippen molar-refractivity contribution in [1.29, 1.82) is 0 Å². The molecule has 0 saturated carbocycles. The summed E-state index contributed by atoms with van der Waals surface area (Å²) in [4.78, 5) is 0. The molecule has 0 aromatic heterocycles. The van der Waals surface area contributed by atoms with Gasteiger partial charge in [-0.2, -0.15) is 0 Å². The lowest BCUT2D eigenvalue weighted by atomic mass is 9.84. The number of halogens is 2. The van der Waals surface area contributed by atoms with Crippen LogP contribution in [0.25, 0.3) is 0 Å². The van der Waals surface area contributed by atoms with E-state index in [0.29, 0.717) is 11.3 Å². The fourth-order valence-corrected chi connectivity index (χ4v) is 2.69. The summed E-state index contributed by atoms with van der Waals surface area (Å²) in [5.74, 6) is -0.967. The Kier molecular flexibility index (Phi) is 4.01. The fourth-order valence-electron chi connectivity index (χ4n) is 2.69. The van der Waals surface area contributed by atoms with Crippen LogP contribution >= 0.6 is 0 Å². The molecule has 0 spiro atoms. The first-order valence-corrected chi connectivity index (χ1v) is 6.60. The summed E-state index contributed by atoms with van der Waals surface area (Å²) < 4.78 is 32.2. The number of aryl methyl sites for hydroxylation is 2. The highest BCUT2D eigenvalue weighted by Crippen LogP contribution is 2.38. The van der Waals surface area contributed by atoms with Crippen molar-refractivity contribution in [3.63, 3.8) is 0 Å². The summed E-state index contributed by atoms with van der Waals surface area (Å²) >= 11 is 0. The van der Waals surface area contributed by atoms with Gasteiger partial charge in [-0.1, -0.05) is 6.07 Å². The molecule has 0 aliphatic heterocycles. The first-order valence-electron chi connectivity index (χ1n) is 6.60. The van der Waals surface area contributed by atoms with Gasteiger partial charge in [-0.15, -0.1) is 0 Å². The van der Waals surface area contributed by atoms with Gasteiger partial charge in [-0.3, -0.25) is 0 Å². The largest absolute Gasteiger partial charge is 0.496 e. The molecular formula is C17H18F2O2. The zero-order valence-corrected chi connectivity index (χ0v) is 12.5. The summed E-state index contributed by atoms with van der Waals surface area (Å²) in [7, 11) is 1.50. The summed E-state index contributed by atoms with van der Waals surface area (Å²) in [5, 5.41) is 10.9. The van der Waals surface area contributed by atoms with Crippen molar-refractivity contribution < 1.29 is 18.6 Å². The quantitative estimate of drug-likeness (QED) is 0.931. The molecule has 2 aromatic carbocycles. The van der Waals surface area contributed by atoms with Crippen molar-refractivity contribution in [1.82, 2.24) is 0 Å². The Morgan fingerprint density at radius 2 is 1.57 bits per heavy atom. The number of hydrogen-bond acceptors (Lipinski definition) is 2. The summed E-state index contributed by atoms with van der Waals surface area (Å²) in [6.45, 7) is 5.24. The number of hydrogen-bond donors (Lipinski definition) is 1. The molecule has 0 radical (unpaired) electrons. The van der Waals surface area contributed by atoms with Crippen molar-refractivity contribution in [3.8, 4) is 5.75 Å². The molecule has 0 fully saturated rings. The average molecular weight is 292 g/mol. The van der Waals surface area contributed by atoms with Gasteiger partial charge in [0, 0.05) is 11.6 Å². The maximum absolute atomic E-state index is 13.4. The van der Waals surface area contributed by atoms with Crippen LogP contribution in [0.1, 0.15) is 29.2 Å². The Labute approximate surface area is 123 Å². The van der Waals surface area contributed by atoms with E-state index in [1.165, 1.54) is 14.0 Å². The average Bonchev–Trinajstić information content (AvgIpc) is 2.35. The van der Waals surface area contributed by atoms with Gasteiger partial charge in [-0.25, -0.2) is 8.78 Å². The first-order chi connectivity index (χ1) is 9.75. The zero-order chi connectivity index (χ0) is 15.8. The van der Waals surface area contributed by atoms with Gasteiger partial charge in [0.25, 0.3) is 0 Å². The van der Waals surface area contributed by atoms with Crippen molar-refractivity contribution >= 4 is 0 Å². The maximum Gasteiger partial charge on any atom is 0.126 e. The highest BCUT2D eigenvalue weighted by molar-refractivity contribution is 5.50. The van der Waals surface area contributed by atoms with Gasteiger partial charge >= 0.3 is 0 Å². The topological polar surface area (TPSA) is 29.5 Å². The van der Waals surface area contributed by atoms with Crippen LogP contribution < -0.4 is 4.74 Å². The van der Waals surface area contributed by atoms with Gasteiger partial charge in [0.15, 0.2) is 0 Å². The number of rotatable bonds is 3. The number of methoxy groups -OCH3 is 1. The zero-order valence-electron chi connectivity index (χ0n) is 12.5. The van der Waals surface area contributed by atoms with Gasteiger partial charge in [-0.05, 0) is 55.7 Å². The van der Waals surface area contributed by atoms with E-state index in [1.54, 1.807) is 6.07 Å². The molecular weight excluding hydrogens is 274 g/mol. The van der Waals surface area contributed by atoms with Crippen LogP contribution in [-0.2, 0) is 5.60 Å². The Balaban J connectivity index is 2.68. The third-order valence-electron chi connectivity index (χ3n) is 3.58. The van der Waals surface area contributed by atoms with Crippen molar-refractivity contribution in [2.45, 2.75) is 26.4 Å². The van der Waals surface area contributed by atoms with Crippen molar-refractivity contribution in [2.24, 2.45) is 0 Å². The lowest BCUT2D eigenvalue weighted by molar-refractivity contribution is 0.0974. The number of benzene rings is 2. The standard InChI is InChI=1S/C17H18F2O2/c1-10-5-11(2)16(15(6-10)21-4)17(3,20)12-7-13(18)9-14(19)8-12/h5-9,20H,1-4H3. The second-order valence-corrected chi connectivity index (χ2v) is 5.39. The third-order valence-corrected chi connectivity index (χ3v) is 3.58. The second kappa shape index (κ2) is 5.45. The predicted molar refractivity (Wildman–Crippen MR) is 77.5 cm³/mol. The molecule has 0 aliphatic carbocycles. The summed E-state index contributed by atoms with van der Waals surface area (Å²) in [6, 6.07) is 6.71. The molecule has 21 heavy (non-hydrogen) atoms. The third kappa shape index (κ3) is 2.90. The summed E-state index contributed by atoms with van der Waals surface area (Å²) in [5.41, 5.74) is 0.855. The van der Waals surface area contributed by atoms with E-state index in [4.69, 9.17) is 4.74 Å². The number of ether oxygens (including phenoxy) is 1. The van der Waals surface area contributed by atoms with Crippen molar-refractivity contribution in [2.75, 3.05) is 7.11 Å². The molecule has 0 aliphatic rings. The van der Waals surface area contributed by atoms with E-state index in [1.807, 2.05) is 19.9 Å². The molecule has 2 aromatic rings. The van der Waals surface area contributed by atoms with E-state index in [2.05, 4.69) is 0 Å². The monoisotopic (exact) mass is 292 g/mol. The molecule has 1 atom stereocenters. The van der Waals surface area contributed by atoms with E-state index < -0.39 is 17.2 Å². The Hall–Kier alpha value is -1.94. The van der Waals surface area contributed by atoms with Crippen LogP contribution in [0, 0.1) is 25.5 Å². The Bertz CT molecular complexity index is 658. The SMILES string of the molecule is COc1cc(C)cc(C)c1C(C)(O)c1cc(F)cc(F)c1. The van der Waals surface area contributed by atoms with Gasteiger partial charge in [0.2, 0.25) is 0 Å². The van der Waals surface area contributed by atoms with E-state index >= 15 is 0 Å². The molecule has 0 bridgehead atoms. The molecule has 0 saturated heterocycles. The van der Waals surface area contributed by atoms with E-state index in [9.17, 15) is 13.9 Å². The lowest BCUT2D eigenvalue weighted by Gasteiger charge is -2.28. The second-order valence-electron chi connectivity index (χ2n) is 5.39.